The summed E-state index contributed by atoms with van der Waals surface area (Å²) in [6, 6.07) is 5.76. The van der Waals surface area contributed by atoms with Crippen molar-refractivity contribution in [3.8, 4) is 11.6 Å². The number of anilines is 2. The highest BCUT2D eigenvalue weighted by atomic mass is 32.1. The van der Waals surface area contributed by atoms with Crippen LogP contribution in [0.15, 0.2) is 29.9 Å². The number of rotatable bonds is 4. The number of carbonyl (C=O) groups excluding carboxylic acids is 1. The molecule has 2 aromatic heterocycles. The molecule has 0 atom stereocenters. The van der Waals surface area contributed by atoms with Gasteiger partial charge in [0.1, 0.15) is 11.4 Å². The van der Waals surface area contributed by atoms with Crippen LogP contribution >= 0.6 is 11.3 Å². The summed E-state index contributed by atoms with van der Waals surface area (Å²) in [6.07, 6.45) is 1.60. The van der Waals surface area contributed by atoms with Gasteiger partial charge in [0.15, 0.2) is 0 Å². The highest BCUT2D eigenvalue weighted by Crippen LogP contribution is 2.38. The van der Waals surface area contributed by atoms with Crippen molar-refractivity contribution in [1.82, 2.24) is 9.97 Å². The van der Waals surface area contributed by atoms with Crippen molar-refractivity contribution in [3.63, 3.8) is 0 Å². The van der Waals surface area contributed by atoms with Crippen LogP contribution in [0.1, 0.15) is 5.56 Å². The first kappa shape index (κ1) is 16.6. The summed E-state index contributed by atoms with van der Waals surface area (Å²) in [4.78, 5) is 25.1. The predicted octanol–water partition coefficient (Wildman–Crippen LogP) is 3.46. The molecule has 0 radical (unpaired) electrons. The fourth-order valence-corrected chi connectivity index (χ4v) is 3.93. The lowest BCUT2D eigenvalue weighted by atomic mass is 10.2. The van der Waals surface area contributed by atoms with E-state index >= 15 is 0 Å². The number of thiazole rings is 1. The molecule has 0 saturated carbocycles. The summed E-state index contributed by atoms with van der Waals surface area (Å²) in [6.45, 7) is 3.03. The van der Waals surface area contributed by atoms with Crippen LogP contribution in [-0.2, 0) is 0 Å². The highest BCUT2D eigenvalue weighted by molar-refractivity contribution is 7.16. The SMILES string of the molecule is COc1cnc(OC)c(N2CCN(c3ccc4ncsc4c3)C2=O)c1C. The lowest BCUT2D eigenvalue weighted by Crippen LogP contribution is -2.32. The van der Waals surface area contributed by atoms with Crippen molar-refractivity contribution in [3.05, 3.63) is 35.5 Å². The summed E-state index contributed by atoms with van der Waals surface area (Å²) in [5.41, 5.74) is 5.09. The fourth-order valence-electron chi connectivity index (χ4n) is 3.22. The number of urea groups is 1. The van der Waals surface area contributed by atoms with Gasteiger partial charge < -0.3 is 9.47 Å². The minimum atomic E-state index is -0.106. The Morgan fingerprint density at radius 3 is 2.69 bits per heavy atom. The molecule has 3 heterocycles. The van der Waals surface area contributed by atoms with Crippen molar-refractivity contribution in [1.29, 1.82) is 0 Å². The molecule has 0 N–H and O–H groups in total. The number of hydrogen-bond donors (Lipinski definition) is 0. The van der Waals surface area contributed by atoms with E-state index in [1.807, 2.05) is 30.6 Å². The zero-order valence-corrected chi connectivity index (χ0v) is 15.5. The third-order valence-electron chi connectivity index (χ3n) is 4.55. The number of aromatic nitrogens is 2. The number of ether oxygens (including phenoxy) is 2. The van der Waals surface area contributed by atoms with Crippen LogP contribution in [0.5, 0.6) is 11.6 Å². The Labute approximate surface area is 154 Å². The molecule has 1 fully saturated rings. The first-order chi connectivity index (χ1) is 12.6. The van der Waals surface area contributed by atoms with Gasteiger partial charge in [-0.3, -0.25) is 9.80 Å². The molecule has 3 aromatic rings. The molecule has 1 aliphatic heterocycles. The first-order valence-corrected chi connectivity index (χ1v) is 9.02. The average Bonchev–Trinajstić information content (AvgIpc) is 3.27. The standard InChI is InChI=1S/C18H18N4O3S/c1-11-14(24-2)9-19-17(25-3)16(11)22-7-6-21(18(22)23)12-4-5-13-15(8-12)26-10-20-13/h4-5,8-10H,6-7H2,1-3H3. The number of nitrogens with zero attached hydrogens (tertiary/aromatic N) is 4. The van der Waals surface area contributed by atoms with E-state index in [0.29, 0.717) is 30.4 Å². The zero-order valence-electron chi connectivity index (χ0n) is 14.7. The van der Waals surface area contributed by atoms with E-state index in [-0.39, 0.29) is 6.03 Å². The number of carbonyl (C=O) groups is 1. The second-order valence-corrected chi connectivity index (χ2v) is 6.79. The van der Waals surface area contributed by atoms with Gasteiger partial charge in [-0.2, -0.15) is 0 Å². The van der Waals surface area contributed by atoms with Crippen molar-refractivity contribution in [2.24, 2.45) is 0 Å². The fraction of sp³-hybridized carbons (Fsp3) is 0.278. The molecule has 0 spiro atoms. The Balaban J connectivity index is 1.71. The van der Waals surface area contributed by atoms with E-state index in [0.717, 1.165) is 21.5 Å². The van der Waals surface area contributed by atoms with Crippen LogP contribution < -0.4 is 19.3 Å². The van der Waals surface area contributed by atoms with E-state index in [9.17, 15) is 4.79 Å². The van der Waals surface area contributed by atoms with Gasteiger partial charge in [-0.1, -0.05) is 0 Å². The average molecular weight is 370 g/mol. The van der Waals surface area contributed by atoms with Gasteiger partial charge in [-0.05, 0) is 25.1 Å². The summed E-state index contributed by atoms with van der Waals surface area (Å²) in [7, 11) is 3.14. The Morgan fingerprint density at radius 1 is 1.12 bits per heavy atom. The first-order valence-electron chi connectivity index (χ1n) is 8.14. The summed E-state index contributed by atoms with van der Waals surface area (Å²) < 4.78 is 11.8. The number of hydrogen-bond acceptors (Lipinski definition) is 6. The molecule has 26 heavy (non-hydrogen) atoms. The molecule has 4 rings (SSSR count). The number of amides is 2. The van der Waals surface area contributed by atoms with E-state index in [1.165, 1.54) is 0 Å². The molecule has 134 valence electrons. The quantitative estimate of drug-likeness (QED) is 0.703. The second-order valence-electron chi connectivity index (χ2n) is 5.90. The number of methoxy groups -OCH3 is 2. The summed E-state index contributed by atoms with van der Waals surface area (Å²) in [5.74, 6) is 1.04. The van der Waals surface area contributed by atoms with Crippen LogP contribution in [0.3, 0.4) is 0 Å². The van der Waals surface area contributed by atoms with Crippen molar-refractivity contribution in [2.45, 2.75) is 6.92 Å². The van der Waals surface area contributed by atoms with Crippen LogP contribution in [-0.4, -0.2) is 43.3 Å². The highest BCUT2D eigenvalue weighted by Gasteiger charge is 2.34. The third kappa shape index (κ3) is 2.53. The van der Waals surface area contributed by atoms with Crippen LogP contribution in [0, 0.1) is 6.92 Å². The summed E-state index contributed by atoms with van der Waals surface area (Å²) in [5, 5.41) is 0. The molecular formula is C18H18N4O3S. The molecule has 1 aromatic carbocycles. The van der Waals surface area contributed by atoms with E-state index < -0.39 is 0 Å². The number of benzene rings is 1. The molecular weight excluding hydrogens is 352 g/mol. The number of fused-ring (bicyclic) bond motifs is 1. The smallest absolute Gasteiger partial charge is 0.329 e. The third-order valence-corrected chi connectivity index (χ3v) is 5.34. The van der Waals surface area contributed by atoms with Gasteiger partial charge >= 0.3 is 6.03 Å². The normalized spacial score (nSPS) is 14.3. The maximum atomic E-state index is 13.1. The number of pyridine rings is 1. The second kappa shape index (κ2) is 6.45. The van der Waals surface area contributed by atoms with E-state index in [2.05, 4.69) is 9.97 Å². The topological polar surface area (TPSA) is 67.8 Å². The van der Waals surface area contributed by atoms with Gasteiger partial charge in [-0.25, -0.2) is 14.8 Å². The summed E-state index contributed by atoms with van der Waals surface area (Å²) >= 11 is 1.56. The molecule has 0 bridgehead atoms. The maximum absolute atomic E-state index is 13.1. The van der Waals surface area contributed by atoms with E-state index in [1.54, 1.807) is 41.6 Å². The molecule has 7 nitrogen and oxygen atoms in total. The minimum Gasteiger partial charge on any atom is -0.495 e. The molecule has 0 aliphatic carbocycles. The lowest BCUT2D eigenvalue weighted by Gasteiger charge is -2.22. The molecule has 2 amide bonds. The minimum absolute atomic E-state index is 0.106. The largest absolute Gasteiger partial charge is 0.495 e. The molecule has 0 unspecified atom stereocenters. The van der Waals surface area contributed by atoms with Crippen molar-refractivity contribution in [2.75, 3.05) is 37.1 Å². The van der Waals surface area contributed by atoms with Gasteiger partial charge in [0.05, 0.1) is 36.1 Å². The molecule has 1 saturated heterocycles. The van der Waals surface area contributed by atoms with Crippen molar-refractivity contribution < 1.29 is 14.3 Å². The van der Waals surface area contributed by atoms with Crippen molar-refractivity contribution >= 4 is 39.0 Å². The lowest BCUT2D eigenvalue weighted by molar-refractivity contribution is 0.255. The Bertz CT molecular complexity index is 988. The van der Waals surface area contributed by atoms with Gasteiger partial charge in [0.2, 0.25) is 5.88 Å². The predicted molar refractivity (Wildman–Crippen MR) is 102 cm³/mol. The van der Waals surface area contributed by atoms with Gasteiger partial charge in [-0.15, -0.1) is 11.3 Å². The van der Waals surface area contributed by atoms with Crippen LogP contribution in [0.4, 0.5) is 16.2 Å². The maximum Gasteiger partial charge on any atom is 0.329 e. The zero-order chi connectivity index (χ0) is 18.3. The van der Waals surface area contributed by atoms with E-state index in [4.69, 9.17) is 9.47 Å². The van der Waals surface area contributed by atoms with Gasteiger partial charge in [0.25, 0.3) is 0 Å². The Kier molecular flexibility index (Phi) is 4.12. The Morgan fingerprint density at radius 2 is 1.92 bits per heavy atom. The monoisotopic (exact) mass is 370 g/mol. The molecule has 8 heteroatoms. The Hall–Kier alpha value is -2.87. The van der Waals surface area contributed by atoms with Gasteiger partial charge in [0, 0.05) is 24.3 Å². The molecule has 1 aliphatic rings. The van der Waals surface area contributed by atoms with Crippen LogP contribution in [0.2, 0.25) is 0 Å². The van der Waals surface area contributed by atoms with Crippen LogP contribution in [0.25, 0.3) is 10.2 Å².